The van der Waals surface area contributed by atoms with Crippen LogP contribution in [0.3, 0.4) is 0 Å². The zero-order chi connectivity index (χ0) is 20.1. The minimum absolute atomic E-state index is 0.197. The Hall–Kier alpha value is -3.60. The number of aryl methyl sites for hydroxylation is 2. The molecule has 0 aliphatic rings. The van der Waals surface area contributed by atoms with E-state index in [4.69, 9.17) is 4.74 Å². The first-order valence-corrected chi connectivity index (χ1v) is 9.78. The lowest BCUT2D eigenvalue weighted by Gasteiger charge is -2.10. The van der Waals surface area contributed by atoms with E-state index in [0.717, 1.165) is 29.7 Å². The number of H-pyrrole nitrogens is 1. The molecule has 0 fully saturated rings. The summed E-state index contributed by atoms with van der Waals surface area (Å²) in [5, 5.41) is 2.95. The molecule has 0 bridgehead atoms. The van der Waals surface area contributed by atoms with Crippen molar-refractivity contribution in [3.8, 4) is 5.75 Å². The maximum absolute atomic E-state index is 12.7. The number of carbonyl (C=O) groups is 1. The maximum Gasteiger partial charge on any atom is 0.259 e. The van der Waals surface area contributed by atoms with Crippen molar-refractivity contribution in [1.29, 1.82) is 0 Å². The van der Waals surface area contributed by atoms with E-state index in [1.807, 2.05) is 55.5 Å². The summed E-state index contributed by atoms with van der Waals surface area (Å²) in [6.07, 6.45) is 1.76. The Bertz CT molecular complexity index is 1120. The Morgan fingerprint density at radius 3 is 2.62 bits per heavy atom. The molecule has 0 atom stereocenters. The minimum atomic E-state index is -0.197. The largest absolute Gasteiger partial charge is 0.493 e. The van der Waals surface area contributed by atoms with Gasteiger partial charge in [-0.05, 0) is 49.2 Å². The zero-order valence-corrected chi connectivity index (χ0v) is 16.3. The molecule has 1 heterocycles. The number of imidazole rings is 1. The number of hydrogen-bond donors (Lipinski definition) is 2. The molecule has 0 aliphatic carbocycles. The SMILES string of the molecule is CCOc1ccccc1C(=O)Nc1ccc2nc(CCc3ccccc3)[nH]c2c1. The third-order valence-corrected chi connectivity index (χ3v) is 4.71. The summed E-state index contributed by atoms with van der Waals surface area (Å²) in [7, 11) is 0. The van der Waals surface area contributed by atoms with Crippen LogP contribution in [0.1, 0.15) is 28.7 Å². The van der Waals surface area contributed by atoms with E-state index >= 15 is 0 Å². The number of nitrogens with zero attached hydrogens (tertiary/aromatic N) is 1. The van der Waals surface area contributed by atoms with E-state index < -0.39 is 0 Å². The molecule has 0 spiro atoms. The van der Waals surface area contributed by atoms with Crippen molar-refractivity contribution in [2.75, 3.05) is 11.9 Å². The van der Waals surface area contributed by atoms with Gasteiger partial charge in [-0.3, -0.25) is 4.79 Å². The number of amides is 1. The summed E-state index contributed by atoms with van der Waals surface area (Å²) in [5.41, 5.74) is 4.31. The second kappa shape index (κ2) is 8.61. The van der Waals surface area contributed by atoms with Gasteiger partial charge in [0.05, 0.1) is 23.2 Å². The summed E-state index contributed by atoms with van der Waals surface area (Å²) in [5.74, 6) is 1.32. The van der Waals surface area contributed by atoms with Crippen LogP contribution in [0.2, 0.25) is 0 Å². The molecule has 0 saturated carbocycles. The van der Waals surface area contributed by atoms with Gasteiger partial charge in [0, 0.05) is 12.1 Å². The van der Waals surface area contributed by atoms with Gasteiger partial charge in [0.25, 0.3) is 5.91 Å². The molecule has 0 saturated heterocycles. The molecule has 0 radical (unpaired) electrons. The van der Waals surface area contributed by atoms with Gasteiger partial charge in [0.2, 0.25) is 0 Å². The highest BCUT2D eigenvalue weighted by Gasteiger charge is 2.13. The molecule has 29 heavy (non-hydrogen) atoms. The monoisotopic (exact) mass is 385 g/mol. The van der Waals surface area contributed by atoms with Crippen LogP contribution in [0.4, 0.5) is 5.69 Å². The van der Waals surface area contributed by atoms with Crippen LogP contribution in [0, 0.1) is 0 Å². The number of aromatic amines is 1. The van der Waals surface area contributed by atoms with Gasteiger partial charge in [0.1, 0.15) is 11.6 Å². The van der Waals surface area contributed by atoms with Crippen molar-refractivity contribution in [3.63, 3.8) is 0 Å². The zero-order valence-electron chi connectivity index (χ0n) is 16.3. The number of benzene rings is 3. The van der Waals surface area contributed by atoms with E-state index in [1.165, 1.54) is 5.56 Å². The van der Waals surface area contributed by atoms with E-state index in [9.17, 15) is 4.79 Å². The van der Waals surface area contributed by atoms with Crippen molar-refractivity contribution >= 4 is 22.6 Å². The molecule has 5 nitrogen and oxygen atoms in total. The number of rotatable bonds is 7. The van der Waals surface area contributed by atoms with E-state index in [0.29, 0.717) is 23.6 Å². The lowest BCUT2D eigenvalue weighted by molar-refractivity contribution is 0.102. The number of fused-ring (bicyclic) bond motifs is 1. The smallest absolute Gasteiger partial charge is 0.259 e. The lowest BCUT2D eigenvalue weighted by atomic mass is 10.1. The minimum Gasteiger partial charge on any atom is -0.493 e. The number of aromatic nitrogens is 2. The highest BCUT2D eigenvalue weighted by Crippen LogP contribution is 2.22. The van der Waals surface area contributed by atoms with Crippen LogP contribution in [0.25, 0.3) is 11.0 Å². The normalized spacial score (nSPS) is 10.8. The van der Waals surface area contributed by atoms with Gasteiger partial charge in [-0.2, -0.15) is 0 Å². The number of anilines is 1. The molecule has 0 aliphatic heterocycles. The second-order valence-corrected chi connectivity index (χ2v) is 6.78. The van der Waals surface area contributed by atoms with Gasteiger partial charge in [-0.25, -0.2) is 4.98 Å². The van der Waals surface area contributed by atoms with Gasteiger partial charge in [-0.1, -0.05) is 42.5 Å². The first kappa shape index (κ1) is 18.7. The lowest BCUT2D eigenvalue weighted by Crippen LogP contribution is -2.13. The highest BCUT2D eigenvalue weighted by molar-refractivity contribution is 6.06. The average molecular weight is 385 g/mol. The Kier molecular flexibility index (Phi) is 5.56. The molecule has 3 aromatic carbocycles. The fourth-order valence-corrected chi connectivity index (χ4v) is 3.30. The summed E-state index contributed by atoms with van der Waals surface area (Å²) < 4.78 is 5.56. The molecular weight excluding hydrogens is 362 g/mol. The van der Waals surface area contributed by atoms with Crippen LogP contribution < -0.4 is 10.1 Å². The molecule has 2 N–H and O–H groups in total. The molecule has 5 heteroatoms. The standard InChI is InChI=1S/C24H23N3O2/c1-2-29-22-11-7-6-10-19(22)24(28)25-18-13-14-20-21(16-18)27-23(26-20)15-12-17-8-4-3-5-9-17/h3-11,13-14,16H,2,12,15H2,1H3,(H,25,28)(H,26,27). The van der Waals surface area contributed by atoms with Crippen molar-refractivity contribution in [3.05, 3.63) is 89.7 Å². The molecule has 4 rings (SSSR count). The van der Waals surface area contributed by atoms with E-state index in [1.54, 1.807) is 12.1 Å². The van der Waals surface area contributed by atoms with Crippen LogP contribution in [-0.2, 0) is 12.8 Å². The quantitative estimate of drug-likeness (QED) is 0.470. The molecule has 1 amide bonds. The molecule has 1 aromatic heterocycles. The van der Waals surface area contributed by atoms with Crippen molar-refractivity contribution in [2.45, 2.75) is 19.8 Å². The van der Waals surface area contributed by atoms with Crippen molar-refractivity contribution < 1.29 is 9.53 Å². The maximum atomic E-state index is 12.7. The highest BCUT2D eigenvalue weighted by atomic mass is 16.5. The van der Waals surface area contributed by atoms with Crippen LogP contribution in [0.15, 0.2) is 72.8 Å². The van der Waals surface area contributed by atoms with E-state index in [2.05, 4.69) is 27.4 Å². The molecule has 0 unspecified atom stereocenters. The van der Waals surface area contributed by atoms with Crippen LogP contribution >= 0.6 is 0 Å². The third-order valence-electron chi connectivity index (χ3n) is 4.71. The van der Waals surface area contributed by atoms with Gasteiger partial charge in [-0.15, -0.1) is 0 Å². The number of carbonyl (C=O) groups excluding carboxylic acids is 1. The van der Waals surface area contributed by atoms with Gasteiger partial charge >= 0.3 is 0 Å². The number of hydrogen-bond acceptors (Lipinski definition) is 3. The first-order valence-electron chi connectivity index (χ1n) is 9.78. The molecule has 146 valence electrons. The van der Waals surface area contributed by atoms with Crippen LogP contribution in [0.5, 0.6) is 5.75 Å². The van der Waals surface area contributed by atoms with E-state index in [-0.39, 0.29) is 5.91 Å². The fraction of sp³-hybridized carbons (Fsp3) is 0.167. The number of nitrogens with one attached hydrogen (secondary N) is 2. The summed E-state index contributed by atoms with van der Waals surface area (Å²) in [6.45, 7) is 2.41. The third kappa shape index (κ3) is 4.46. The Morgan fingerprint density at radius 2 is 1.79 bits per heavy atom. The Labute approximate surface area is 169 Å². The first-order chi connectivity index (χ1) is 14.2. The topological polar surface area (TPSA) is 67.0 Å². The predicted molar refractivity (Wildman–Crippen MR) is 116 cm³/mol. The molecular formula is C24H23N3O2. The Balaban J connectivity index is 1.48. The number of para-hydroxylation sites is 1. The van der Waals surface area contributed by atoms with Gasteiger partial charge < -0.3 is 15.0 Å². The van der Waals surface area contributed by atoms with Crippen LogP contribution in [-0.4, -0.2) is 22.5 Å². The second-order valence-electron chi connectivity index (χ2n) is 6.78. The van der Waals surface area contributed by atoms with Crippen molar-refractivity contribution in [2.24, 2.45) is 0 Å². The summed E-state index contributed by atoms with van der Waals surface area (Å²) in [6, 6.07) is 23.3. The van der Waals surface area contributed by atoms with Gasteiger partial charge in [0.15, 0.2) is 0 Å². The molecule has 4 aromatic rings. The number of ether oxygens (including phenoxy) is 1. The average Bonchev–Trinajstić information content (AvgIpc) is 3.16. The summed E-state index contributed by atoms with van der Waals surface area (Å²) in [4.78, 5) is 20.7. The fourth-order valence-electron chi connectivity index (χ4n) is 3.30. The summed E-state index contributed by atoms with van der Waals surface area (Å²) >= 11 is 0. The predicted octanol–water partition coefficient (Wildman–Crippen LogP) is 5.00. The van der Waals surface area contributed by atoms with Crippen molar-refractivity contribution in [1.82, 2.24) is 9.97 Å². The Morgan fingerprint density at radius 1 is 1.00 bits per heavy atom.